The van der Waals surface area contributed by atoms with Crippen LogP contribution < -0.4 is 5.32 Å². The molecule has 0 unspecified atom stereocenters. The van der Waals surface area contributed by atoms with Crippen LogP contribution in [0.1, 0.15) is 93.3 Å². The maximum atomic E-state index is 13.3. The van der Waals surface area contributed by atoms with E-state index >= 15 is 0 Å². The van der Waals surface area contributed by atoms with Gasteiger partial charge in [-0.3, -0.25) is 9.59 Å². The molecule has 0 aromatic heterocycles. The van der Waals surface area contributed by atoms with E-state index in [1.54, 1.807) is 11.0 Å². The van der Waals surface area contributed by atoms with Gasteiger partial charge < -0.3 is 20.4 Å². The zero-order valence-electron chi connectivity index (χ0n) is 21.6. The Morgan fingerprint density at radius 1 is 1.17 bits per heavy atom. The Balaban J connectivity index is 1.53. The van der Waals surface area contributed by atoms with Gasteiger partial charge in [-0.2, -0.15) is 0 Å². The number of nitrogens with zero attached hydrogens (tertiary/aromatic N) is 1. The average Bonchev–Trinajstić information content (AvgIpc) is 3.11. The molecule has 1 saturated heterocycles. The molecule has 0 spiro atoms. The van der Waals surface area contributed by atoms with Crippen LogP contribution in [0.25, 0.3) is 0 Å². The Kier molecular flexibility index (Phi) is 7.41. The Labute approximate surface area is 209 Å². The van der Waals surface area contributed by atoms with E-state index in [-0.39, 0.29) is 23.0 Å². The number of carbonyl (C=O) groups is 2. The summed E-state index contributed by atoms with van der Waals surface area (Å²) in [7, 11) is 0. The minimum absolute atomic E-state index is 0.0816. The fraction of sp³-hybridized carbons (Fsp3) is 0.586. The van der Waals surface area contributed by atoms with Crippen LogP contribution in [-0.2, 0) is 24.2 Å². The lowest BCUT2D eigenvalue weighted by Gasteiger charge is -2.40. The number of fused-ring (bicyclic) bond motifs is 3. The lowest BCUT2D eigenvalue weighted by molar-refractivity contribution is -0.127. The third kappa shape index (κ3) is 5.18. The highest BCUT2D eigenvalue weighted by Gasteiger charge is 2.44. The number of hydrogen-bond donors (Lipinski definition) is 3. The minimum Gasteiger partial charge on any atom is -0.508 e. The number of aliphatic hydroxyl groups is 1. The first-order valence-electron chi connectivity index (χ1n) is 13.0. The van der Waals surface area contributed by atoms with Crippen molar-refractivity contribution in [3.8, 4) is 5.75 Å². The van der Waals surface area contributed by atoms with Gasteiger partial charge in [0.2, 0.25) is 5.91 Å². The van der Waals surface area contributed by atoms with Crippen LogP contribution in [0.2, 0.25) is 0 Å². The van der Waals surface area contributed by atoms with Gasteiger partial charge in [0.25, 0.3) is 5.91 Å². The Hall–Kier alpha value is -2.60. The first-order valence-corrected chi connectivity index (χ1v) is 13.0. The van der Waals surface area contributed by atoms with Crippen molar-refractivity contribution < 1.29 is 19.8 Å². The van der Waals surface area contributed by atoms with Crippen LogP contribution in [0.3, 0.4) is 0 Å². The summed E-state index contributed by atoms with van der Waals surface area (Å²) in [6.07, 6.45) is 10.3. The van der Waals surface area contributed by atoms with Gasteiger partial charge >= 0.3 is 0 Å². The number of benzene rings is 1. The first kappa shape index (κ1) is 25.5. The summed E-state index contributed by atoms with van der Waals surface area (Å²) in [5.41, 5.74) is 5.54. The maximum Gasteiger partial charge on any atom is 0.255 e. The molecule has 35 heavy (non-hydrogen) atoms. The lowest BCUT2D eigenvalue weighted by Crippen LogP contribution is -2.50. The van der Waals surface area contributed by atoms with E-state index in [0.29, 0.717) is 37.9 Å². The number of hydrogen-bond acceptors (Lipinski definition) is 4. The van der Waals surface area contributed by atoms with Gasteiger partial charge in [0.05, 0.1) is 6.10 Å². The molecule has 1 aromatic carbocycles. The molecule has 6 nitrogen and oxygen atoms in total. The molecule has 3 atom stereocenters. The minimum atomic E-state index is -0.560. The number of aliphatic hydroxyl groups excluding tert-OH is 1. The fourth-order valence-electron chi connectivity index (χ4n) is 5.88. The number of phenolic OH excluding ortho intramolecular Hbond substituents is 1. The Bertz CT molecular complexity index is 1070. The molecule has 4 rings (SSSR count). The van der Waals surface area contributed by atoms with Gasteiger partial charge in [0, 0.05) is 30.6 Å². The smallest absolute Gasteiger partial charge is 0.255 e. The van der Waals surface area contributed by atoms with Crippen LogP contribution >= 0.6 is 0 Å². The van der Waals surface area contributed by atoms with Crippen molar-refractivity contribution in [1.82, 2.24) is 10.2 Å². The van der Waals surface area contributed by atoms with E-state index in [1.807, 2.05) is 0 Å². The maximum absolute atomic E-state index is 13.3. The molecule has 2 aliphatic heterocycles. The average molecular weight is 481 g/mol. The third-order valence-corrected chi connectivity index (χ3v) is 8.18. The van der Waals surface area contributed by atoms with Gasteiger partial charge in [-0.1, -0.05) is 30.2 Å². The summed E-state index contributed by atoms with van der Waals surface area (Å²) >= 11 is 0. The second-order valence-corrected chi connectivity index (χ2v) is 11.2. The fourth-order valence-corrected chi connectivity index (χ4v) is 5.88. The molecule has 2 amide bonds. The first-order chi connectivity index (χ1) is 16.6. The third-order valence-electron chi connectivity index (χ3n) is 8.18. The van der Waals surface area contributed by atoms with E-state index < -0.39 is 12.1 Å². The van der Waals surface area contributed by atoms with E-state index in [2.05, 4.69) is 45.2 Å². The highest BCUT2D eigenvalue weighted by molar-refractivity contribution is 6.02. The number of aromatic hydroxyl groups is 1. The molecule has 1 fully saturated rings. The Morgan fingerprint density at radius 2 is 1.94 bits per heavy atom. The van der Waals surface area contributed by atoms with Crippen LogP contribution in [0.4, 0.5) is 0 Å². The molecule has 0 saturated carbocycles. The predicted molar refractivity (Wildman–Crippen MR) is 137 cm³/mol. The Morgan fingerprint density at radius 3 is 2.66 bits per heavy atom. The van der Waals surface area contributed by atoms with Gasteiger partial charge in [-0.15, -0.1) is 0 Å². The van der Waals surface area contributed by atoms with Crippen LogP contribution in [0.5, 0.6) is 5.75 Å². The zero-order chi connectivity index (χ0) is 25.3. The number of phenols is 1. The van der Waals surface area contributed by atoms with Gasteiger partial charge in [0.1, 0.15) is 11.8 Å². The highest BCUT2D eigenvalue weighted by atomic mass is 16.3. The normalized spacial score (nSPS) is 26.3. The zero-order valence-corrected chi connectivity index (χ0v) is 21.6. The molecule has 1 aliphatic carbocycles. The molecule has 1 aromatic rings. The number of allylic oxidation sites excluding steroid dienone is 4. The van der Waals surface area contributed by atoms with Crippen molar-refractivity contribution in [1.29, 1.82) is 0 Å². The van der Waals surface area contributed by atoms with Crippen molar-refractivity contribution in [2.45, 2.75) is 97.8 Å². The van der Waals surface area contributed by atoms with E-state index in [1.165, 1.54) is 11.1 Å². The van der Waals surface area contributed by atoms with Gasteiger partial charge in [0.15, 0.2) is 0 Å². The van der Waals surface area contributed by atoms with Crippen molar-refractivity contribution in [3.63, 3.8) is 0 Å². The standard InChI is InChI=1S/C29H40N2O4/c1-18(2)8-5-9-19(3)10-6-12-29(4)16-22-20(15-26(29)33)25(32)14-21-23(22)17-31(28(21)35)24-11-7-13-30-27(24)34/h8,10,14,24,26,32-33H,5-7,9,11-13,15-17H2,1-4H3,(H,30,34)/b19-10+/t24-,26+,29-/m1/s1. The SMILES string of the molecule is CC(C)=CCC/C(C)=C/CC[C@]1(C)Cc2c(c(O)cc3c2CN([C@@H]2CCCNC2=O)C3=O)C[C@@H]1O. The molecule has 2 heterocycles. The molecule has 190 valence electrons. The summed E-state index contributed by atoms with van der Waals surface area (Å²) in [5.74, 6) is -0.191. The van der Waals surface area contributed by atoms with Crippen molar-refractivity contribution in [3.05, 3.63) is 51.6 Å². The molecule has 0 bridgehead atoms. The quantitative estimate of drug-likeness (QED) is 0.499. The van der Waals surface area contributed by atoms with Gasteiger partial charge in [-0.05, 0) is 88.3 Å². The van der Waals surface area contributed by atoms with Crippen LogP contribution in [0, 0.1) is 5.41 Å². The van der Waals surface area contributed by atoms with E-state index in [0.717, 1.165) is 48.8 Å². The molecule has 6 heteroatoms. The second-order valence-electron chi connectivity index (χ2n) is 11.2. The van der Waals surface area contributed by atoms with Crippen molar-refractivity contribution in [2.75, 3.05) is 6.54 Å². The summed E-state index contributed by atoms with van der Waals surface area (Å²) in [4.78, 5) is 27.4. The van der Waals surface area contributed by atoms with Crippen molar-refractivity contribution >= 4 is 11.8 Å². The number of piperidine rings is 1. The largest absolute Gasteiger partial charge is 0.508 e. The van der Waals surface area contributed by atoms with Crippen LogP contribution in [-0.4, -0.2) is 45.6 Å². The van der Waals surface area contributed by atoms with Crippen LogP contribution in [0.15, 0.2) is 29.4 Å². The van der Waals surface area contributed by atoms with E-state index in [4.69, 9.17) is 0 Å². The number of nitrogens with one attached hydrogen (secondary N) is 1. The second kappa shape index (κ2) is 10.2. The molecule has 0 radical (unpaired) electrons. The van der Waals surface area contributed by atoms with E-state index in [9.17, 15) is 19.8 Å². The molecular weight excluding hydrogens is 440 g/mol. The summed E-state index contributed by atoms with van der Waals surface area (Å²) in [6, 6.07) is 1.09. The summed E-state index contributed by atoms with van der Waals surface area (Å²) < 4.78 is 0. The number of amides is 2. The summed E-state index contributed by atoms with van der Waals surface area (Å²) in [6.45, 7) is 9.57. The van der Waals surface area contributed by atoms with Gasteiger partial charge in [-0.25, -0.2) is 0 Å². The molecule has 3 aliphatic rings. The summed E-state index contributed by atoms with van der Waals surface area (Å²) in [5, 5.41) is 24.7. The van der Waals surface area contributed by atoms with Crippen molar-refractivity contribution in [2.24, 2.45) is 5.41 Å². The predicted octanol–water partition coefficient (Wildman–Crippen LogP) is 4.57. The topological polar surface area (TPSA) is 89.9 Å². The number of carbonyl (C=O) groups excluding carboxylic acids is 2. The highest BCUT2D eigenvalue weighted by Crippen LogP contribution is 2.46. The molecular formula is C29H40N2O4. The lowest BCUT2D eigenvalue weighted by atomic mass is 9.67. The molecule has 3 N–H and O–H groups in total. The monoisotopic (exact) mass is 480 g/mol. The number of rotatable bonds is 7.